The summed E-state index contributed by atoms with van der Waals surface area (Å²) in [5.41, 5.74) is 4.43. The van der Waals surface area contributed by atoms with E-state index in [2.05, 4.69) is 48.3 Å². The van der Waals surface area contributed by atoms with Gasteiger partial charge in [0.2, 0.25) is 5.88 Å². The first-order chi connectivity index (χ1) is 10.1. The standard InChI is InChI=1S/C18H20N2O/c1-13-10-11-16-14(8-6-12-20(2)3)15-7-4-5-9-17(15)21-18(16)19-13/h4-5,7-11H,6,12H2,1-3H3/b14-8+. The lowest BCUT2D eigenvalue weighted by atomic mass is 9.94. The molecule has 3 rings (SSSR count). The molecule has 3 nitrogen and oxygen atoms in total. The smallest absolute Gasteiger partial charge is 0.227 e. The SMILES string of the molecule is Cc1ccc2c(n1)Oc1ccccc1/C2=C\CCN(C)C. The highest BCUT2D eigenvalue weighted by Crippen LogP contribution is 2.42. The van der Waals surface area contributed by atoms with Crippen LogP contribution in [0.4, 0.5) is 0 Å². The highest BCUT2D eigenvalue weighted by Gasteiger charge is 2.22. The van der Waals surface area contributed by atoms with Crippen molar-refractivity contribution >= 4 is 5.57 Å². The lowest BCUT2D eigenvalue weighted by Crippen LogP contribution is -2.12. The molecule has 0 atom stereocenters. The Morgan fingerprint density at radius 1 is 1.10 bits per heavy atom. The van der Waals surface area contributed by atoms with Gasteiger partial charge in [0.1, 0.15) is 5.75 Å². The lowest BCUT2D eigenvalue weighted by molar-refractivity contribution is 0.417. The average Bonchev–Trinajstić information content (AvgIpc) is 2.46. The van der Waals surface area contributed by atoms with Crippen LogP contribution in [-0.2, 0) is 0 Å². The Morgan fingerprint density at radius 2 is 1.90 bits per heavy atom. The number of fused-ring (bicyclic) bond motifs is 2. The van der Waals surface area contributed by atoms with E-state index in [-0.39, 0.29) is 0 Å². The fraction of sp³-hybridized carbons (Fsp3) is 0.278. The molecule has 2 aromatic rings. The van der Waals surface area contributed by atoms with Crippen LogP contribution in [0.15, 0.2) is 42.5 Å². The summed E-state index contributed by atoms with van der Waals surface area (Å²) in [6, 6.07) is 12.3. The van der Waals surface area contributed by atoms with E-state index >= 15 is 0 Å². The molecule has 1 aromatic carbocycles. The Morgan fingerprint density at radius 3 is 2.71 bits per heavy atom. The molecular weight excluding hydrogens is 260 g/mol. The molecule has 0 saturated carbocycles. The summed E-state index contributed by atoms with van der Waals surface area (Å²) >= 11 is 0. The van der Waals surface area contributed by atoms with E-state index < -0.39 is 0 Å². The predicted molar refractivity (Wildman–Crippen MR) is 85.7 cm³/mol. The lowest BCUT2D eigenvalue weighted by Gasteiger charge is -2.22. The van der Waals surface area contributed by atoms with Crippen LogP contribution >= 0.6 is 0 Å². The first kappa shape index (κ1) is 13.8. The molecule has 2 heterocycles. The molecule has 0 fully saturated rings. The average molecular weight is 280 g/mol. The zero-order chi connectivity index (χ0) is 14.8. The van der Waals surface area contributed by atoms with Crippen LogP contribution < -0.4 is 4.74 Å². The summed E-state index contributed by atoms with van der Waals surface area (Å²) in [4.78, 5) is 6.72. The van der Waals surface area contributed by atoms with Gasteiger partial charge < -0.3 is 9.64 Å². The number of hydrogen-bond acceptors (Lipinski definition) is 3. The van der Waals surface area contributed by atoms with E-state index in [1.54, 1.807) is 0 Å². The van der Waals surface area contributed by atoms with Gasteiger partial charge >= 0.3 is 0 Å². The number of aryl methyl sites for hydroxylation is 1. The van der Waals surface area contributed by atoms with Gasteiger partial charge in [-0.3, -0.25) is 0 Å². The summed E-state index contributed by atoms with van der Waals surface area (Å²) < 4.78 is 5.95. The molecule has 1 aliphatic heterocycles. The summed E-state index contributed by atoms with van der Waals surface area (Å²) in [5.74, 6) is 1.60. The van der Waals surface area contributed by atoms with Crippen molar-refractivity contribution in [1.29, 1.82) is 0 Å². The Hall–Kier alpha value is -2.13. The molecule has 0 saturated heterocycles. The molecule has 3 heteroatoms. The second-order valence-electron chi connectivity index (χ2n) is 5.61. The van der Waals surface area contributed by atoms with Crippen molar-refractivity contribution in [1.82, 2.24) is 9.88 Å². The van der Waals surface area contributed by atoms with Gasteiger partial charge in [-0.2, -0.15) is 0 Å². The van der Waals surface area contributed by atoms with E-state index in [4.69, 9.17) is 4.74 Å². The fourth-order valence-corrected chi connectivity index (χ4v) is 2.53. The van der Waals surface area contributed by atoms with Gasteiger partial charge in [-0.1, -0.05) is 24.3 Å². The molecule has 0 radical (unpaired) electrons. The number of aromatic nitrogens is 1. The molecular formula is C18H20N2O. The summed E-state index contributed by atoms with van der Waals surface area (Å²) in [7, 11) is 4.19. The van der Waals surface area contributed by atoms with Gasteiger partial charge in [0, 0.05) is 23.4 Å². The third kappa shape index (κ3) is 2.83. The zero-order valence-corrected chi connectivity index (χ0v) is 12.8. The Balaban J connectivity index is 2.05. The molecule has 21 heavy (non-hydrogen) atoms. The van der Waals surface area contributed by atoms with Gasteiger partial charge in [-0.15, -0.1) is 0 Å². The van der Waals surface area contributed by atoms with Crippen LogP contribution in [-0.4, -0.2) is 30.5 Å². The number of rotatable bonds is 3. The van der Waals surface area contributed by atoms with E-state index in [1.807, 2.05) is 25.1 Å². The van der Waals surface area contributed by atoms with E-state index in [1.165, 1.54) is 5.57 Å². The molecule has 0 N–H and O–H groups in total. The first-order valence-electron chi connectivity index (χ1n) is 7.25. The van der Waals surface area contributed by atoms with E-state index in [0.717, 1.165) is 35.5 Å². The minimum Gasteiger partial charge on any atom is -0.438 e. The van der Waals surface area contributed by atoms with Crippen LogP contribution in [0.3, 0.4) is 0 Å². The maximum absolute atomic E-state index is 5.95. The minimum absolute atomic E-state index is 0.713. The fourth-order valence-electron chi connectivity index (χ4n) is 2.53. The Kier molecular flexibility index (Phi) is 3.76. The molecule has 0 amide bonds. The van der Waals surface area contributed by atoms with Gasteiger partial charge in [-0.25, -0.2) is 4.98 Å². The van der Waals surface area contributed by atoms with Crippen LogP contribution in [0.5, 0.6) is 11.6 Å². The van der Waals surface area contributed by atoms with Crippen molar-refractivity contribution in [2.75, 3.05) is 20.6 Å². The first-order valence-corrected chi connectivity index (χ1v) is 7.25. The van der Waals surface area contributed by atoms with Crippen LogP contribution in [0.25, 0.3) is 5.57 Å². The van der Waals surface area contributed by atoms with E-state index in [9.17, 15) is 0 Å². The number of hydrogen-bond donors (Lipinski definition) is 0. The van der Waals surface area contributed by atoms with Crippen molar-refractivity contribution in [3.63, 3.8) is 0 Å². The molecule has 1 aliphatic rings. The number of ether oxygens (including phenoxy) is 1. The summed E-state index contributed by atoms with van der Waals surface area (Å²) in [6.07, 6.45) is 3.29. The number of benzene rings is 1. The van der Waals surface area contributed by atoms with Gasteiger partial charge in [0.05, 0.1) is 0 Å². The molecule has 0 bridgehead atoms. The number of para-hydroxylation sites is 1. The highest BCUT2D eigenvalue weighted by atomic mass is 16.5. The topological polar surface area (TPSA) is 25.4 Å². The van der Waals surface area contributed by atoms with Gasteiger partial charge in [-0.05, 0) is 51.2 Å². The summed E-state index contributed by atoms with van der Waals surface area (Å²) in [5, 5.41) is 0. The normalized spacial score (nSPS) is 14.8. The second kappa shape index (κ2) is 5.70. The molecule has 0 spiro atoms. The third-order valence-corrected chi connectivity index (χ3v) is 3.60. The van der Waals surface area contributed by atoms with Crippen molar-refractivity contribution in [3.05, 3.63) is 59.3 Å². The van der Waals surface area contributed by atoms with Crippen LogP contribution in [0, 0.1) is 6.92 Å². The Labute approximate surface area is 125 Å². The van der Waals surface area contributed by atoms with Crippen molar-refractivity contribution in [3.8, 4) is 11.6 Å². The molecule has 0 aliphatic carbocycles. The minimum atomic E-state index is 0.713. The van der Waals surface area contributed by atoms with E-state index in [0.29, 0.717) is 5.88 Å². The van der Waals surface area contributed by atoms with Crippen LogP contribution in [0.2, 0.25) is 0 Å². The molecule has 1 aromatic heterocycles. The Bertz CT molecular complexity index is 689. The van der Waals surface area contributed by atoms with Crippen molar-refractivity contribution < 1.29 is 4.74 Å². The number of pyridine rings is 1. The van der Waals surface area contributed by atoms with Gasteiger partial charge in [0.25, 0.3) is 0 Å². The molecule has 0 unspecified atom stereocenters. The summed E-state index contributed by atoms with van der Waals surface area (Å²) in [6.45, 7) is 3.01. The number of nitrogens with zero attached hydrogens (tertiary/aromatic N) is 2. The maximum Gasteiger partial charge on any atom is 0.227 e. The van der Waals surface area contributed by atoms with Crippen LogP contribution in [0.1, 0.15) is 23.2 Å². The second-order valence-corrected chi connectivity index (χ2v) is 5.61. The predicted octanol–water partition coefficient (Wildman–Crippen LogP) is 3.88. The maximum atomic E-state index is 5.95. The quantitative estimate of drug-likeness (QED) is 0.728. The van der Waals surface area contributed by atoms with Gasteiger partial charge in [0.15, 0.2) is 0 Å². The largest absolute Gasteiger partial charge is 0.438 e. The highest BCUT2D eigenvalue weighted by molar-refractivity contribution is 5.87. The van der Waals surface area contributed by atoms with Crippen molar-refractivity contribution in [2.24, 2.45) is 0 Å². The monoisotopic (exact) mass is 280 g/mol. The third-order valence-electron chi connectivity index (χ3n) is 3.60. The zero-order valence-electron chi connectivity index (χ0n) is 12.8. The molecule has 108 valence electrons. The van der Waals surface area contributed by atoms with Crippen molar-refractivity contribution in [2.45, 2.75) is 13.3 Å².